The molecule has 0 aliphatic carbocycles. The van der Waals surface area contributed by atoms with Crippen molar-refractivity contribution in [2.24, 2.45) is 5.92 Å². The summed E-state index contributed by atoms with van der Waals surface area (Å²) in [6.07, 6.45) is 0. The number of aliphatic hydroxyl groups is 1. The maximum Gasteiger partial charge on any atom is 0.125 e. The molecule has 0 amide bonds. The monoisotopic (exact) mass is 295 g/mol. The Balaban J connectivity index is 2.77. The Kier molecular flexibility index (Phi) is 4.83. The molecule has 5 heteroatoms. The van der Waals surface area contributed by atoms with Crippen molar-refractivity contribution in [1.29, 1.82) is 0 Å². The normalized spacial score (nSPS) is 12.6. The average Bonchev–Trinajstić information content (AvgIpc) is 2.15. The first-order valence-electron chi connectivity index (χ1n) is 4.54. The van der Waals surface area contributed by atoms with Crippen LogP contribution in [0.15, 0.2) is 16.6 Å². The van der Waals surface area contributed by atoms with Gasteiger partial charge in [-0.05, 0) is 34.0 Å². The molecule has 0 saturated heterocycles. The fourth-order valence-electron chi connectivity index (χ4n) is 1.05. The number of benzene rings is 1. The summed E-state index contributed by atoms with van der Waals surface area (Å²) in [6.45, 7) is 2.59. The molecule has 1 aromatic rings. The Hall–Kier alpha value is -0.320. The molecular weight excluding hydrogens is 284 g/mol. The summed E-state index contributed by atoms with van der Waals surface area (Å²) in [5, 5.41) is 12.2. The third kappa shape index (κ3) is 3.63. The second kappa shape index (κ2) is 5.68. The maximum absolute atomic E-state index is 12.9. The lowest BCUT2D eigenvalue weighted by Gasteiger charge is -2.13. The number of rotatable bonds is 4. The molecule has 2 N–H and O–H groups in total. The summed E-state index contributed by atoms with van der Waals surface area (Å²) in [4.78, 5) is 0. The Bertz CT molecular complexity index is 325. The minimum Gasteiger partial charge on any atom is -0.396 e. The van der Waals surface area contributed by atoms with E-state index in [4.69, 9.17) is 16.7 Å². The van der Waals surface area contributed by atoms with E-state index in [1.165, 1.54) is 12.1 Å². The van der Waals surface area contributed by atoms with Crippen LogP contribution < -0.4 is 5.32 Å². The Morgan fingerprint density at radius 2 is 2.27 bits per heavy atom. The molecule has 1 aromatic carbocycles. The Labute approximate surface area is 102 Å². The average molecular weight is 297 g/mol. The predicted molar refractivity (Wildman–Crippen MR) is 63.8 cm³/mol. The number of nitrogens with one attached hydrogen (secondary N) is 1. The van der Waals surface area contributed by atoms with Crippen LogP contribution in [0.4, 0.5) is 10.1 Å². The molecule has 0 fully saturated rings. The van der Waals surface area contributed by atoms with Crippen LogP contribution in [0.25, 0.3) is 0 Å². The highest BCUT2D eigenvalue weighted by atomic mass is 79.9. The van der Waals surface area contributed by atoms with Crippen LogP contribution in [-0.4, -0.2) is 18.3 Å². The van der Waals surface area contributed by atoms with E-state index in [1.807, 2.05) is 6.92 Å². The molecular formula is C10H12BrClFNO. The zero-order valence-corrected chi connectivity index (χ0v) is 10.6. The molecule has 1 atom stereocenters. The van der Waals surface area contributed by atoms with Crippen LogP contribution in [0.5, 0.6) is 0 Å². The highest BCUT2D eigenvalue weighted by molar-refractivity contribution is 9.10. The van der Waals surface area contributed by atoms with E-state index >= 15 is 0 Å². The van der Waals surface area contributed by atoms with Crippen molar-refractivity contribution in [3.05, 3.63) is 27.4 Å². The summed E-state index contributed by atoms with van der Waals surface area (Å²) >= 11 is 9.09. The second-order valence-electron chi connectivity index (χ2n) is 3.41. The van der Waals surface area contributed by atoms with E-state index in [0.717, 1.165) is 0 Å². The van der Waals surface area contributed by atoms with Gasteiger partial charge in [-0.25, -0.2) is 4.39 Å². The first-order chi connectivity index (χ1) is 7.04. The van der Waals surface area contributed by atoms with Crippen molar-refractivity contribution in [1.82, 2.24) is 0 Å². The summed E-state index contributed by atoms with van der Waals surface area (Å²) < 4.78 is 13.5. The second-order valence-corrected chi connectivity index (χ2v) is 4.67. The number of hydrogen-bond donors (Lipinski definition) is 2. The van der Waals surface area contributed by atoms with Crippen molar-refractivity contribution < 1.29 is 9.50 Å². The molecule has 0 heterocycles. The lowest BCUT2D eigenvalue weighted by Crippen LogP contribution is -2.15. The molecule has 0 aromatic heterocycles. The highest BCUT2D eigenvalue weighted by Crippen LogP contribution is 2.31. The van der Waals surface area contributed by atoms with Crippen molar-refractivity contribution in [3.8, 4) is 0 Å². The van der Waals surface area contributed by atoms with Crippen LogP contribution in [0, 0.1) is 11.7 Å². The lowest BCUT2D eigenvalue weighted by molar-refractivity contribution is 0.244. The third-order valence-electron chi connectivity index (χ3n) is 1.95. The van der Waals surface area contributed by atoms with Crippen LogP contribution in [0.1, 0.15) is 6.92 Å². The topological polar surface area (TPSA) is 32.3 Å². The SMILES string of the molecule is CC(CO)CNc1c(Cl)cc(F)cc1Br. The van der Waals surface area contributed by atoms with Gasteiger partial charge in [0, 0.05) is 17.6 Å². The zero-order valence-electron chi connectivity index (χ0n) is 8.23. The first kappa shape index (κ1) is 12.7. The summed E-state index contributed by atoms with van der Waals surface area (Å²) in [7, 11) is 0. The van der Waals surface area contributed by atoms with Crippen molar-refractivity contribution >= 4 is 33.2 Å². The van der Waals surface area contributed by atoms with Gasteiger partial charge in [0.25, 0.3) is 0 Å². The smallest absolute Gasteiger partial charge is 0.125 e. The molecule has 0 bridgehead atoms. The fraction of sp³-hybridized carbons (Fsp3) is 0.400. The molecule has 2 nitrogen and oxygen atoms in total. The maximum atomic E-state index is 12.9. The van der Waals surface area contributed by atoms with Crippen molar-refractivity contribution in [2.75, 3.05) is 18.5 Å². The molecule has 1 rings (SSSR count). The van der Waals surface area contributed by atoms with E-state index in [2.05, 4.69) is 21.2 Å². The lowest BCUT2D eigenvalue weighted by atomic mass is 10.2. The molecule has 15 heavy (non-hydrogen) atoms. The quantitative estimate of drug-likeness (QED) is 0.893. The molecule has 0 aliphatic rings. The number of aliphatic hydroxyl groups excluding tert-OH is 1. The van der Waals surface area contributed by atoms with Gasteiger partial charge in [-0.3, -0.25) is 0 Å². The van der Waals surface area contributed by atoms with Gasteiger partial charge in [0.2, 0.25) is 0 Å². The van der Waals surface area contributed by atoms with E-state index in [-0.39, 0.29) is 18.3 Å². The molecule has 1 unspecified atom stereocenters. The van der Waals surface area contributed by atoms with Gasteiger partial charge >= 0.3 is 0 Å². The number of hydrogen-bond acceptors (Lipinski definition) is 2. The fourth-order valence-corrected chi connectivity index (χ4v) is 2.01. The van der Waals surface area contributed by atoms with Crippen LogP contribution in [0.2, 0.25) is 5.02 Å². The third-order valence-corrected chi connectivity index (χ3v) is 2.87. The Morgan fingerprint density at radius 3 is 2.80 bits per heavy atom. The first-order valence-corrected chi connectivity index (χ1v) is 5.71. The van der Waals surface area contributed by atoms with Crippen LogP contribution in [0.3, 0.4) is 0 Å². The van der Waals surface area contributed by atoms with Gasteiger partial charge < -0.3 is 10.4 Å². The van der Waals surface area contributed by atoms with E-state index in [0.29, 0.717) is 21.7 Å². The van der Waals surface area contributed by atoms with Crippen molar-refractivity contribution in [2.45, 2.75) is 6.92 Å². The number of halogens is 3. The molecule has 0 radical (unpaired) electrons. The Morgan fingerprint density at radius 1 is 1.60 bits per heavy atom. The van der Waals surface area contributed by atoms with Gasteiger partial charge in [-0.15, -0.1) is 0 Å². The minimum absolute atomic E-state index is 0.101. The largest absolute Gasteiger partial charge is 0.396 e. The predicted octanol–water partition coefficient (Wildman–Crippen LogP) is 3.28. The molecule has 0 saturated carbocycles. The molecule has 84 valence electrons. The van der Waals surface area contributed by atoms with Gasteiger partial charge in [0.05, 0.1) is 10.7 Å². The number of anilines is 1. The standard InChI is InChI=1S/C10H12BrClFNO/c1-6(5-15)4-14-10-8(11)2-7(13)3-9(10)12/h2-3,6,14-15H,4-5H2,1H3. The van der Waals surface area contributed by atoms with Gasteiger partial charge in [-0.1, -0.05) is 18.5 Å². The zero-order chi connectivity index (χ0) is 11.4. The van der Waals surface area contributed by atoms with Crippen LogP contribution in [-0.2, 0) is 0 Å². The van der Waals surface area contributed by atoms with Crippen LogP contribution >= 0.6 is 27.5 Å². The van der Waals surface area contributed by atoms with E-state index in [1.54, 1.807) is 0 Å². The van der Waals surface area contributed by atoms with E-state index < -0.39 is 0 Å². The van der Waals surface area contributed by atoms with Gasteiger partial charge in [-0.2, -0.15) is 0 Å². The molecule has 0 spiro atoms. The molecule has 0 aliphatic heterocycles. The van der Waals surface area contributed by atoms with E-state index in [9.17, 15) is 4.39 Å². The summed E-state index contributed by atoms with van der Waals surface area (Å²) in [5.74, 6) is -0.259. The summed E-state index contributed by atoms with van der Waals surface area (Å²) in [6, 6.07) is 2.59. The highest BCUT2D eigenvalue weighted by Gasteiger charge is 2.08. The van der Waals surface area contributed by atoms with Crippen molar-refractivity contribution in [3.63, 3.8) is 0 Å². The summed E-state index contributed by atoms with van der Waals surface area (Å²) in [5.41, 5.74) is 0.651. The van der Waals surface area contributed by atoms with Gasteiger partial charge in [0.15, 0.2) is 0 Å². The minimum atomic E-state index is -0.382. The van der Waals surface area contributed by atoms with Gasteiger partial charge in [0.1, 0.15) is 5.82 Å².